The molecule has 1 aromatic heterocycles. The van der Waals surface area contributed by atoms with Crippen LogP contribution in [-0.2, 0) is 4.79 Å². The van der Waals surface area contributed by atoms with Crippen LogP contribution in [0.15, 0.2) is 10.8 Å². The highest BCUT2D eigenvalue weighted by Gasteiger charge is 2.22. The number of nitrogens with zero attached hydrogens (tertiary/aromatic N) is 1. The van der Waals surface area contributed by atoms with Crippen LogP contribution >= 0.6 is 0 Å². The Morgan fingerprint density at radius 1 is 1.59 bits per heavy atom. The van der Waals surface area contributed by atoms with Crippen molar-refractivity contribution in [2.45, 2.75) is 39.2 Å². The summed E-state index contributed by atoms with van der Waals surface area (Å²) >= 11 is 0. The molecule has 0 spiro atoms. The zero-order valence-corrected chi connectivity index (χ0v) is 9.90. The van der Waals surface area contributed by atoms with Crippen LogP contribution < -0.4 is 5.32 Å². The van der Waals surface area contributed by atoms with E-state index in [1.165, 1.54) is 0 Å². The van der Waals surface area contributed by atoms with E-state index in [4.69, 9.17) is 9.52 Å². The molecule has 1 aromatic rings. The zero-order valence-electron chi connectivity index (χ0n) is 9.90. The lowest BCUT2D eigenvalue weighted by Gasteiger charge is -2.13. The molecule has 1 atom stereocenters. The Morgan fingerprint density at radius 3 is 2.76 bits per heavy atom. The van der Waals surface area contributed by atoms with Gasteiger partial charge in [0.25, 0.3) is 5.91 Å². The highest BCUT2D eigenvalue weighted by Crippen LogP contribution is 2.06. The SMILES string of the molecule is CCCCC(NC(=O)c1ncoc1C)C(=O)O. The standard InChI is InChI=1S/C11H16N2O4/c1-3-4-5-8(11(15)16)13-10(14)9-7(2)17-6-12-9/h6,8H,3-5H2,1-2H3,(H,13,14)(H,15,16). The van der Waals surface area contributed by atoms with Crippen molar-refractivity contribution in [3.8, 4) is 0 Å². The number of aromatic nitrogens is 1. The van der Waals surface area contributed by atoms with Gasteiger partial charge in [-0.15, -0.1) is 0 Å². The normalized spacial score (nSPS) is 12.1. The van der Waals surface area contributed by atoms with Crippen molar-refractivity contribution in [3.05, 3.63) is 17.8 Å². The summed E-state index contributed by atoms with van der Waals surface area (Å²) in [7, 11) is 0. The van der Waals surface area contributed by atoms with Crippen molar-refractivity contribution in [1.82, 2.24) is 10.3 Å². The Kier molecular flexibility index (Phi) is 4.68. The molecule has 1 heterocycles. The Balaban J connectivity index is 2.64. The molecule has 0 fully saturated rings. The van der Waals surface area contributed by atoms with Gasteiger partial charge < -0.3 is 14.8 Å². The Labute approximate surface area is 99.0 Å². The second-order valence-electron chi connectivity index (χ2n) is 3.76. The summed E-state index contributed by atoms with van der Waals surface area (Å²) in [5, 5.41) is 11.4. The third-order valence-electron chi connectivity index (χ3n) is 2.41. The second-order valence-corrected chi connectivity index (χ2v) is 3.76. The van der Waals surface area contributed by atoms with Crippen LogP contribution in [0.1, 0.15) is 42.4 Å². The second kappa shape index (κ2) is 6.03. The van der Waals surface area contributed by atoms with Crippen LogP contribution in [0.4, 0.5) is 0 Å². The molecule has 6 nitrogen and oxygen atoms in total. The zero-order chi connectivity index (χ0) is 12.8. The maximum Gasteiger partial charge on any atom is 0.326 e. The number of oxazole rings is 1. The molecule has 1 amide bonds. The number of nitrogens with one attached hydrogen (secondary N) is 1. The molecule has 0 radical (unpaired) electrons. The molecule has 0 aliphatic carbocycles. The maximum atomic E-state index is 11.7. The number of unbranched alkanes of at least 4 members (excludes halogenated alkanes) is 1. The van der Waals surface area contributed by atoms with Gasteiger partial charge in [-0.3, -0.25) is 4.79 Å². The Morgan fingerprint density at radius 2 is 2.29 bits per heavy atom. The molecule has 0 aromatic carbocycles. The number of hydrogen-bond donors (Lipinski definition) is 2. The molecule has 17 heavy (non-hydrogen) atoms. The lowest BCUT2D eigenvalue weighted by Crippen LogP contribution is -2.41. The summed E-state index contributed by atoms with van der Waals surface area (Å²) < 4.78 is 4.89. The smallest absolute Gasteiger partial charge is 0.326 e. The van der Waals surface area contributed by atoms with Crippen LogP contribution in [0.25, 0.3) is 0 Å². The highest BCUT2D eigenvalue weighted by atomic mass is 16.4. The minimum atomic E-state index is -1.03. The summed E-state index contributed by atoms with van der Waals surface area (Å²) in [4.78, 5) is 26.4. The van der Waals surface area contributed by atoms with Crippen molar-refractivity contribution >= 4 is 11.9 Å². The topological polar surface area (TPSA) is 92.4 Å². The van der Waals surface area contributed by atoms with E-state index in [-0.39, 0.29) is 5.69 Å². The molecule has 0 bridgehead atoms. The number of carboxylic acids is 1. The third-order valence-corrected chi connectivity index (χ3v) is 2.41. The largest absolute Gasteiger partial charge is 0.480 e. The van der Waals surface area contributed by atoms with E-state index >= 15 is 0 Å². The molecule has 1 rings (SSSR count). The number of amides is 1. The van der Waals surface area contributed by atoms with Gasteiger partial charge in [0.2, 0.25) is 0 Å². The number of hydrogen-bond acceptors (Lipinski definition) is 4. The summed E-state index contributed by atoms with van der Waals surface area (Å²) in [5.41, 5.74) is 0.132. The van der Waals surface area contributed by atoms with Crippen molar-refractivity contribution in [2.24, 2.45) is 0 Å². The Hall–Kier alpha value is -1.85. The number of carbonyl (C=O) groups excluding carboxylic acids is 1. The fourth-order valence-corrected chi connectivity index (χ4v) is 1.42. The van der Waals surface area contributed by atoms with Crippen molar-refractivity contribution < 1.29 is 19.1 Å². The van der Waals surface area contributed by atoms with Gasteiger partial charge in [-0.1, -0.05) is 19.8 Å². The number of carbonyl (C=O) groups is 2. The summed E-state index contributed by atoms with van der Waals surface area (Å²) in [6.07, 6.45) is 3.19. The van der Waals surface area contributed by atoms with Gasteiger partial charge in [0.15, 0.2) is 12.1 Å². The van der Waals surface area contributed by atoms with Crippen LogP contribution in [0.2, 0.25) is 0 Å². The molecule has 2 N–H and O–H groups in total. The number of aryl methyl sites for hydroxylation is 1. The molecular formula is C11H16N2O4. The summed E-state index contributed by atoms with van der Waals surface area (Å²) in [5.74, 6) is -1.17. The first-order valence-electron chi connectivity index (χ1n) is 5.50. The van der Waals surface area contributed by atoms with Crippen LogP contribution in [0.3, 0.4) is 0 Å². The fraction of sp³-hybridized carbons (Fsp3) is 0.545. The van der Waals surface area contributed by atoms with E-state index in [1.807, 2.05) is 6.92 Å². The highest BCUT2D eigenvalue weighted by molar-refractivity contribution is 5.95. The van der Waals surface area contributed by atoms with Gasteiger partial charge >= 0.3 is 5.97 Å². The summed E-state index contributed by atoms with van der Waals surface area (Å²) in [6.45, 7) is 3.56. The van der Waals surface area contributed by atoms with Gasteiger partial charge in [0.05, 0.1) is 0 Å². The molecule has 1 unspecified atom stereocenters. The van der Waals surface area contributed by atoms with Crippen molar-refractivity contribution in [3.63, 3.8) is 0 Å². The predicted molar refractivity (Wildman–Crippen MR) is 59.7 cm³/mol. The van der Waals surface area contributed by atoms with E-state index in [1.54, 1.807) is 6.92 Å². The van der Waals surface area contributed by atoms with Crippen molar-refractivity contribution in [2.75, 3.05) is 0 Å². The van der Waals surface area contributed by atoms with Gasteiger partial charge in [-0.25, -0.2) is 9.78 Å². The van der Waals surface area contributed by atoms with E-state index < -0.39 is 17.9 Å². The minimum absolute atomic E-state index is 0.132. The van der Waals surface area contributed by atoms with Crippen molar-refractivity contribution in [1.29, 1.82) is 0 Å². The van der Waals surface area contributed by atoms with Crippen LogP contribution in [0.5, 0.6) is 0 Å². The minimum Gasteiger partial charge on any atom is -0.480 e. The molecule has 94 valence electrons. The van der Waals surface area contributed by atoms with Gasteiger partial charge in [-0.05, 0) is 13.3 Å². The molecule has 0 saturated heterocycles. The number of aliphatic carboxylic acids is 1. The maximum absolute atomic E-state index is 11.7. The molecule has 0 saturated carbocycles. The first kappa shape index (κ1) is 13.2. The average Bonchev–Trinajstić information content (AvgIpc) is 2.70. The van der Waals surface area contributed by atoms with E-state index in [2.05, 4.69) is 10.3 Å². The van der Waals surface area contributed by atoms with Crippen LogP contribution in [-0.4, -0.2) is 28.0 Å². The quantitative estimate of drug-likeness (QED) is 0.783. The van der Waals surface area contributed by atoms with Gasteiger partial charge in [-0.2, -0.15) is 0 Å². The summed E-state index contributed by atoms with van der Waals surface area (Å²) in [6, 6.07) is -0.876. The first-order chi connectivity index (χ1) is 8.06. The lowest BCUT2D eigenvalue weighted by atomic mass is 10.1. The lowest BCUT2D eigenvalue weighted by molar-refractivity contribution is -0.139. The first-order valence-corrected chi connectivity index (χ1v) is 5.50. The van der Waals surface area contributed by atoms with E-state index in [0.29, 0.717) is 12.2 Å². The fourth-order valence-electron chi connectivity index (χ4n) is 1.42. The third kappa shape index (κ3) is 3.58. The molecule has 0 aliphatic rings. The monoisotopic (exact) mass is 240 g/mol. The molecular weight excluding hydrogens is 224 g/mol. The van der Waals surface area contributed by atoms with Gasteiger partial charge in [0.1, 0.15) is 11.8 Å². The van der Waals surface area contributed by atoms with E-state index in [9.17, 15) is 9.59 Å². The molecule has 6 heteroatoms. The van der Waals surface area contributed by atoms with Crippen LogP contribution in [0, 0.1) is 6.92 Å². The van der Waals surface area contributed by atoms with Gasteiger partial charge in [0, 0.05) is 0 Å². The predicted octanol–water partition coefficient (Wildman–Crippen LogP) is 1.36. The average molecular weight is 240 g/mol. The molecule has 0 aliphatic heterocycles. The van der Waals surface area contributed by atoms with E-state index in [0.717, 1.165) is 19.2 Å². The number of rotatable bonds is 6. The Bertz CT molecular complexity index is 400. The number of carboxylic acid groups (broad SMARTS) is 1.